The molecule has 2 aromatic heterocycles. The molecular weight excluding hydrogens is 355 g/mol. The van der Waals surface area contributed by atoms with Gasteiger partial charge in [0, 0.05) is 0 Å². The molecule has 0 fully saturated rings. The summed E-state index contributed by atoms with van der Waals surface area (Å²) in [6.45, 7) is 1.96. The van der Waals surface area contributed by atoms with E-state index in [2.05, 4.69) is 31.1 Å². The van der Waals surface area contributed by atoms with Crippen LogP contribution in [0.3, 0.4) is 0 Å². The van der Waals surface area contributed by atoms with Gasteiger partial charge in [0.15, 0.2) is 5.82 Å². The molecule has 0 saturated heterocycles. The zero-order chi connectivity index (χ0) is 17.9. The average molecular weight is 368 g/mol. The Morgan fingerprint density at radius 1 is 0.885 bits per heavy atom. The fraction of sp³-hybridized carbons (Fsp3) is 0.125. The summed E-state index contributed by atoms with van der Waals surface area (Å²) in [6, 6.07) is 15.7. The van der Waals surface area contributed by atoms with Crippen LogP contribution in [0, 0.1) is 5.82 Å². The highest BCUT2D eigenvalue weighted by molar-refractivity contribution is 7.99. The molecule has 4 rings (SSSR count). The SMILES string of the molecule is CC(Sc1nnnn1-c1cccc(F)c1)c1nnnn1-c1ccccc1. The molecule has 0 saturated carbocycles. The van der Waals surface area contributed by atoms with E-state index in [0.29, 0.717) is 16.7 Å². The third-order valence-corrected chi connectivity index (χ3v) is 4.66. The summed E-state index contributed by atoms with van der Waals surface area (Å²) < 4.78 is 16.7. The van der Waals surface area contributed by atoms with Gasteiger partial charge in [-0.1, -0.05) is 36.0 Å². The van der Waals surface area contributed by atoms with Crippen LogP contribution in [0.5, 0.6) is 0 Å². The topological polar surface area (TPSA) is 87.2 Å². The van der Waals surface area contributed by atoms with Crippen molar-refractivity contribution in [3.05, 3.63) is 66.2 Å². The molecule has 8 nitrogen and oxygen atoms in total. The van der Waals surface area contributed by atoms with Crippen LogP contribution in [-0.2, 0) is 0 Å². The number of thioether (sulfide) groups is 1. The molecule has 4 aromatic rings. The molecule has 26 heavy (non-hydrogen) atoms. The number of aromatic nitrogens is 8. The average Bonchev–Trinajstić information content (AvgIpc) is 3.32. The molecule has 1 unspecified atom stereocenters. The lowest BCUT2D eigenvalue weighted by Crippen LogP contribution is -2.06. The predicted octanol–water partition coefficient (Wildman–Crippen LogP) is 2.63. The number of tetrazole rings is 2. The number of hydrogen-bond donors (Lipinski definition) is 0. The monoisotopic (exact) mass is 368 g/mol. The summed E-state index contributed by atoms with van der Waals surface area (Å²) in [6.07, 6.45) is 0. The van der Waals surface area contributed by atoms with E-state index < -0.39 is 0 Å². The summed E-state index contributed by atoms with van der Waals surface area (Å²) >= 11 is 1.39. The molecule has 0 radical (unpaired) electrons. The van der Waals surface area contributed by atoms with E-state index in [1.54, 1.807) is 16.8 Å². The number of hydrogen-bond acceptors (Lipinski definition) is 7. The molecule has 130 valence electrons. The Kier molecular flexibility index (Phi) is 4.40. The molecule has 10 heteroatoms. The van der Waals surface area contributed by atoms with E-state index in [9.17, 15) is 4.39 Å². The van der Waals surface area contributed by atoms with Crippen LogP contribution in [0.4, 0.5) is 4.39 Å². The van der Waals surface area contributed by atoms with Gasteiger partial charge in [0.05, 0.1) is 16.6 Å². The van der Waals surface area contributed by atoms with Gasteiger partial charge in [0.25, 0.3) is 0 Å². The van der Waals surface area contributed by atoms with Gasteiger partial charge in [-0.15, -0.1) is 10.2 Å². The highest BCUT2D eigenvalue weighted by Crippen LogP contribution is 2.33. The normalized spacial score (nSPS) is 12.2. The van der Waals surface area contributed by atoms with Gasteiger partial charge in [-0.2, -0.15) is 9.36 Å². The maximum absolute atomic E-state index is 13.5. The lowest BCUT2D eigenvalue weighted by molar-refractivity contribution is 0.623. The second-order valence-electron chi connectivity index (χ2n) is 5.40. The molecule has 2 aromatic carbocycles. The Bertz CT molecular complexity index is 1020. The van der Waals surface area contributed by atoms with Gasteiger partial charge in [0.1, 0.15) is 5.82 Å². The fourth-order valence-electron chi connectivity index (χ4n) is 2.43. The summed E-state index contributed by atoms with van der Waals surface area (Å²) in [4.78, 5) is 0. The second kappa shape index (κ2) is 7.00. The van der Waals surface area contributed by atoms with Crippen molar-refractivity contribution in [3.8, 4) is 11.4 Å². The van der Waals surface area contributed by atoms with Crippen molar-refractivity contribution in [2.75, 3.05) is 0 Å². The van der Waals surface area contributed by atoms with Gasteiger partial charge in [-0.05, 0) is 58.1 Å². The van der Waals surface area contributed by atoms with Crippen molar-refractivity contribution in [3.63, 3.8) is 0 Å². The first-order valence-electron chi connectivity index (χ1n) is 7.77. The van der Waals surface area contributed by atoms with Gasteiger partial charge in [-0.25, -0.2) is 4.39 Å². The van der Waals surface area contributed by atoms with E-state index in [1.807, 2.05) is 37.3 Å². The minimum Gasteiger partial charge on any atom is -0.207 e. The summed E-state index contributed by atoms with van der Waals surface area (Å²) in [7, 11) is 0. The van der Waals surface area contributed by atoms with E-state index in [1.165, 1.54) is 28.6 Å². The van der Waals surface area contributed by atoms with Crippen LogP contribution in [0.2, 0.25) is 0 Å². The van der Waals surface area contributed by atoms with Crippen molar-refractivity contribution in [1.82, 2.24) is 40.4 Å². The first-order chi connectivity index (χ1) is 12.7. The minimum atomic E-state index is -0.352. The summed E-state index contributed by atoms with van der Waals surface area (Å²) in [5, 5.41) is 24.1. The lowest BCUT2D eigenvalue weighted by atomic mass is 10.3. The third kappa shape index (κ3) is 3.18. The molecule has 0 aliphatic heterocycles. The van der Waals surface area contributed by atoms with E-state index >= 15 is 0 Å². The Morgan fingerprint density at radius 2 is 1.62 bits per heavy atom. The predicted molar refractivity (Wildman–Crippen MR) is 92.5 cm³/mol. The van der Waals surface area contributed by atoms with Gasteiger partial charge >= 0.3 is 0 Å². The van der Waals surface area contributed by atoms with E-state index in [0.717, 1.165) is 5.69 Å². The van der Waals surface area contributed by atoms with Crippen molar-refractivity contribution in [2.24, 2.45) is 0 Å². The quantitative estimate of drug-likeness (QED) is 0.500. The molecule has 1 atom stereocenters. The molecule has 0 amide bonds. The highest BCUT2D eigenvalue weighted by atomic mass is 32.2. The van der Waals surface area contributed by atoms with Crippen molar-refractivity contribution >= 4 is 11.8 Å². The largest absolute Gasteiger partial charge is 0.214 e. The molecule has 0 aliphatic rings. The Morgan fingerprint density at radius 3 is 2.42 bits per heavy atom. The summed E-state index contributed by atoms with van der Waals surface area (Å²) in [5.41, 5.74) is 1.41. The van der Waals surface area contributed by atoms with Crippen molar-refractivity contribution in [1.29, 1.82) is 0 Å². The first-order valence-corrected chi connectivity index (χ1v) is 8.65. The van der Waals surface area contributed by atoms with Crippen LogP contribution in [0.1, 0.15) is 18.0 Å². The van der Waals surface area contributed by atoms with Gasteiger partial charge in [0.2, 0.25) is 5.16 Å². The maximum Gasteiger partial charge on any atom is 0.214 e. The van der Waals surface area contributed by atoms with Gasteiger partial charge < -0.3 is 0 Å². The summed E-state index contributed by atoms with van der Waals surface area (Å²) in [5.74, 6) is 0.310. The van der Waals surface area contributed by atoms with E-state index in [-0.39, 0.29) is 11.1 Å². The van der Waals surface area contributed by atoms with Crippen LogP contribution >= 0.6 is 11.8 Å². The standard InChI is InChI=1S/C16H13FN8S/c1-11(15-18-20-22-24(15)13-7-3-2-4-8-13)26-16-19-21-23-25(16)14-9-5-6-12(17)10-14/h2-11H,1H3. The van der Waals surface area contributed by atoms with Crippen LogP contribution in [0.25, 0.3) is 11.4 Å². The smallest absolute Gasteiger partial charge is 0.207 e. The number of rotatable bonds is 5. The zero-order valence-electron chi connectivity index (χ0n) is 13.6. The van der Waals surface area contributed by atoms with Crippen LogP contribution in [-0.4, -0.2) is 40.4 Å². The molecule has 0 bridgehead atoms. The van der Waals surface area contributed by atoms with E-state index in [4.69, 9.17) is 0 Å². The van der Waals surface area contributed by atoms with Crippen LogP contribution < -0.4 is 0 Å². The Balaban J connectivity index is 1.62. The van der Waals surface area contributed by atoms with Crippen molar-refractivity contribution in [2.45, 2.75) is 17.3 Å². The van der Waals surface area contributed by atoms with Crippen LogP contribution in [0.15, 0.2) is 59.8 Å². The molecule has 0 spiro atoms. The van der Waals surface area contributed by atoms with Gasteiger partial charge in [-0.3, -0.25) is 0 Å². The number of para-hydroxylation sites is 1. The molecule has 2 heterocycles. The number of halogens is 1. The van der Waals surface area contributed by atoms with Crippen molar-refractivity contribution < 1.29 is 4.39 Å². The maximum atomic E-state index is 13.5. The number of benzene rings is 2. The number of nitrogens with zero attached hydrogens (tertiary/aromatic N) is 8. The Labute approximate surface area is 152 Å². The fourth-order valence-corrected chi connectivity index (χ4v) is 3.33. The molecule has 0 N–H and O–H groups in total. The zero-order valence-corrected chi connectivity index (χ0v) is 14.5. The lowest BCUT2D eigenvalue weighted by Gasteiger charge is -2.11. The molecule has 0 aliphatic carbocycles. The first kappa shape index (κ1) is 16.3. The second-order valence-corrected chi connectivity index (χ2v) is 6.71. The Hall–Kier alpha value is -3.14. The minimum absolute atomic E-state index is 0.136. The highest BCUT2D eigenvalue weighted by Gasteiger charge is 2.20. The third-order valence-electron chi connectivity index (χ3n) is 3.63. The molecular formula is C16H13FN8S.